The van der Waals surface area contributed by atoms with E-state index in [4.69, 9.17) is 25.8 Å². The first-order valence-electron chi connectivity index (χ1n) is 8.45. The minimum atomic E-state index is -0.615. The number of hydrogen-bond acceptors (Lipinski definition) is 4. The van der Waals surface area contributed by atoms with Crippen LogP contribution in [0.3, 0.4) is 0 Å². The van der Waals surface area contributed by atoms with Crippen LogP contribution in [0.1, 0.15) is 18.9 Å². The van der Waals surface area contributed by atoms with Gasteiger partial charge in [0, 0.05) is 6.54 Å². The Hall–Kier alpha value is -2.40. The highest BCUT2D eigenvalue weighted by molar-refractivity contribution is 6.32. The van der Waals surface area contributed by atoms with Crippen LogP contribution >= 0.6 is 11.6 Å². The number of carbonyl (C=O) groups excluding carboxylic acids is 1. The molecule has 0 saturated heterocycles. The van der Waals surface area contributed by atoms with Gasteiger partial charge in [0.2, 0.25) is 0 Å². The van der Waals surface area contributed by atoms with Crippen LogP contribution in [0.25, 0.3) is 0 Å². The van der Waals surface area contributed by atoms with Gasteiger partial charge in [-0.3, -0.25) is 4.79 Å². The fourth-order valence-corrected chi connectivity index (χ4v) is 2.65. The second kappa shape index (κ2) is 9.92. The molecule has 2 aromatic rings. The lowest BCUT2D eigenvalue weighted by atomic mass is 10.1. The van der Waals surface area contributed by atoms with Crippen molar-refractivity contribution in [3.05, 3.63) is 53.1 Å². The molecule has 1 amide bonds. The molecule has 6 heteroatoms. The van der Waals surface area contributed by atoms with Crippen LogP contribution in [-0.2, 0) is 11.2 Å². The highest BCUT2D eigenvalue weighted by Crippen LogP contribution is 2.28. The van der Waals surface area contributed by atoms with Crippen molar-refractivity contribution in [3.63, 3.8) is 0 Å². The van der Waals surface area contributed by atoms with Crippen LogP contribution in [0.5, 0.6) is 17.2 Å². The fourth-order valence-electron chi connectivity index (χ4n) is 2.47. The molecule has 2 aromatic carbocycles. The summed E-state index contributed by atoms with van der Waals surface area (Å²) >= 11 is 6.04. The van der Waals surface area contributed by atoms with Crippen molar-refractivity contribution in [2.75, 3.05) is 20.8 Å². The number of hydrogen-bond donors (Lipinski definition) is 1. The van der Waals surface area contributed by atoms with E-state index in [0.717, 1.165) is 18.4 Å². The maximum Gasteiger partial charge on any atom is 0.260 e. The second-order valence-corrected chi connectivity index (χ2v) is 6.18. The third-order valence-corrected chi connectivity index (χ3v) is 4.21. The van der Waals surface area contributed by atoms with E-state index in [1.165, 1.54) is 0 Å². The smallest absolute Gasteiger partial charge is 0.260 e. The van der Waals surface area contributed by atoms with E-state index >= 15 is 0 Å². The SMILES string of the molecule is COc1ccc(CCCNC(=O)[C@H](C)Oc2ccccc2Cl)cc1OC. The molecule has 0 unspecified atom stereocenters. The first-order chi connectivity index (χ1) is 12.5. The monoisotopic (exact) mass is 377 g/mol. The molecule has 0 radical (unpaired) electrons. The predicted octanol–water partition coefficient (Wildman–Crippen LogP) is 3.87. The third kappa shape index (κ3) is 5.56. The molecule has 0 fully saturated rings. The summed E-state index contributed by atoms with van der Waals surface area (Å²) < 4.78 is 16.1. The Kier molecular flexibility index (Phi) is 7.60. The maximum atomic E-state index is 12.1. The summed E-state index contributed by atoms with van der Waals surface area (Å²) in [5, 5.41) is 3.37. The summed E-state index contributed by atoms with van der Waals surface area (Å²) in [6.45, 7) is 2.26. The Balaban J connectivity index is 1.77. The van der Waals surface area contributed by atoms with Gasteiger partial charge in [0.05, 0.1) is 19.2 Å². The zero-order valence-electron chi connectivity index (χ0n) is 15.3. The molecule has 0 saturated carbocycles. The van der Waals surface area contributed by atoms with E-state index in [-0.39, 0.29) is 5.91 Å². The minimum absolute atomic E-state index is 0.169. The molecule has 0 spiro atoms. The number of benzene rings is 2. The summed E-state index contributed by atoms with van der Waals surface area (Å²) in [6, 6.07) is 12.9. The van der Waals surface area contributed by atoms with Gasteiger partial charge < -0.3 is 19.5 Å². The lowest BCUT2D eigenvalue weighted by Gasteiger charge is -2.15. The van der Waals surface area contributed by atoms with Gasteiger partial charge in [-0.15, -0.1) is 0 Å². The average molecular weight is 378 g/mol. The highest BCUT2D eigenvalue weighted by Gasteiger charge is 2.15. The average Bonchev–Trinajstić information content (AvgIpc) is 2.66. The zero-order chi connectivity index (χ0) is 18.9. The van der Waals surface area contributed by atoms with Crippen molar-refractivity contribution in [1.82, 2.24) is 5.32 Å². The quantitative estimate of drug-likeness (QED) is 0.674. The Labute approximate surface area is 159 Å². The van der Waals surface area contributed by atoms with E-state index in [1.54, 1.807) is 33.3 Å². The lowest BCUT2D eigenvalue weighted by Crippen LogP contribution is -2.37. The molecule has 1 atom stereocenters. The Bertz CT molecular complexity index is 736. The third-order valence-electron chi connectivity index (χ3n) is 3.90. The van der Waals surface area contributed by atoms with Crippen LogP contribution in [0.4, 0.5) is 0 Å². The van der Waals surface area contributed by atoms with Crippen molar-refractivity contribution in [1.29, 1.82) is 0 Å². The molecule has 2 rings (SSSR count). The lowest BCUT2D eigenvalue weighted by molar-refractivity contribution is -0.127. The Morgan fingerprint density at radius 1 is 1.08 bits per heavy atom. The summed E-state index contributed by atoms with van der Waals surface area (Å²) in [6.07, 6.45) is 1.01. The number of aryl methyl sites for hydroxylation is 1. The molecule has 0 bridgehead atoms. The van der Waals surface area contributed by atoms with E-state index in [9.17, 15) is 4.79 Å². The topological polar surface area (TPSA) is 56.8 Å². The summed E-state index contributed by atoms with van der Waals surface area (Å²) in [7, 11) is 3.22. The number of rotatable bonds is 9. The van der Waals surface area contributed by atoms with E-state index in [2.05, 4.69) is 5.32 Å². The summed E-state index contributed by atoms with van der Waals surface area (Å²) in [5.74, 6) is 1.74. The van der Waals surface area contributed by atoms with Crippen molar-refractivity contribution in [2.45, 2.75) is 25.9 Å². The molecule has 0 aromatic heterocycles. The van der Waals surface area contributed by atoms with Gasteiger partial charge in [0.1, 0.15) is 5.75 Å². The van der Waals surface area contributed by atoms with Gasteiger partial charge in [-0.1, -0.05) is 29.8 Å². The first kappa shape index (κ1) is 19.9. The van der Waals surface area contributed by atoms with Crippen molar-refractivity contribution < 1.29 is 19.0 Å². The molecule has 140 valence electrons. The van der Waals surface area contributed by atoms with Gasteiger partial charge in [0.15, 0.2) is 17.6 Å². The van der Waals surface area contributed by atoms with E-state index in [0.29, 0.717) is 28.8 Å². The Morgan fingerprint density at radius 3 is 2.50 bits per heavy atom. The normalized spacial score (nSPS) is 11.5. The molecule has 0 aliphatic rings. The second-order valence-electron chi connectivity index (χ2n) is 5.77. The van der Waals surface area contributed by atoms with E-state index in [1.807, 2.05) is 30.3 Å². The Morgan fingerprint density at radius 2 is 1.81 bits per heavy atom. The van der Waals surface area contributed by atoms with Gasteiger partial charge in [-0.25, -0.2) is 0 Å². The zero-order valence-corrected chi connectivity index (χ0v) is 16.0. The predicted molar refractivity (Wildman–Crippen MR) is 102 cm³/mol. The highest BCUT2D eigenvalue weighted by atomic mass is 35.5. The van der Waals surface area contributed by atoms with Crippen LogP contribution in [0.15, 0.2) is 42.5 Å². The molecular weight excluding hydrogens is 354 g/mol. The van der Waals surface area contributed by atoms with Gasteiger partial charge in [-0.05, 0) is 49.6 Å². The number of ether oxygens (including phenoxy) is 3. The molecule has 0 aliphatic heterocycles. The van der Waals surface area contributed by atoms with Crippen LogP contribution < -0.4 is 19.5 Å². The fraction of sp³-hybridized carbons (Fsp3) is 0.350. The van der Waals surface area contributed by atoms with Crippen molar-refractivity contribution in [2.24, 2.45) is 0 Å². The van der Waals surface area contributed by atoms with Crippen molar-refractivity contribution in [3.8, 4) is 17.2 Å². The molecule has 5 nitrogen and oxygen atoms in total. The summed E-state index contributed by atoms with van der Waals surface area (Å²) in [4.78, 5) is 12.1. The number of amides is 1. The number of methoxy groups -OCH3 is 2. The molecule has 0 heterocycles. The first-order valence-corrected chi connectivity index (χ1v) is 8.82. The van der Waals surface area contributed by atoms with E-state index < -0.39 is 6.10 Å². The summed E-state index contributed by atoms with van der Waals surface area (Å²) in [5.41, 5.74) is 1.12. The molecule has 26 heavy (non-hydrogen) atoms. The van der Waals surface area contributed by atoms with Gasteiger partial charge in [-0.2, -0.15) is 0 Å². The number of carbonyl (C=O) groups is 1. The number of para-hydroxylation sites is 1. The van der Waals surface area contributed by atoms with Gasteiger partial charge in [0.25, 0.3) is 5.91 Å². The number of halogens is 1. The number of nitrogens with one attached hydrogen (secondary N) is 1. The van der Waals surface area contributed by atoms with Crippen LogP contribution in [0, 0.1) is 0 Å². The molecule has 0 aliphatic carbocycles. The maximum absolute atomic E-state index is 12.1. The minimum Gasteiger partial charge on any atom is -0.493 e. The standard InChI is InChI=1S/C20H24ClNO4/c1-14(26-17-9-5-4-8-16(17)21)20(23)22-12-6-7-15-10-11-18(24-2)19(13-15)25-3/h4-5,8-11,13-14H,6-7,12H2,1-3H3,(H,22,23)/t14-/m0/s1. The van der Waals surface area contributed by atoms with Gasteiger partial charge >= 0.3 is 0 Å². The molecular formula is C20H24ClNO4. The van der Waals surface area contributed by atoms with Crippen LogP contribution in [0.2, 0.25) is 5.02 Å². The largest absolute Gasteiger partial charge is 0.493 e. The van der Waals surface area contributed by atoms with Crippen molar-refractivity contribution >= 4 is 17.5 Å². The molecule has 1 N–H and O–H groups in total. The van der Waals surface area contributed by atoms with Crippen LogP contribution in [-0.4, -0.2) is 32.8 Å².